The Hall–Kier alpha value is -3.60. The zero-order valence-electron chi connectivity index (χ0n) is 19.4. The van der Waals surface area contributed by atoms with Crippen molar-refractivity contribution < 1.29 is 19.8 Å². The fourth-order valence-corrected chi connectivity index (χ4v) is 4.13. The molecule has 0 radical (unpaired) electrons. The molecule has 1 aliphatic heterocycles. The second-order valence-electron chi connectivity index (χ2n) is 8.36. The number of hydrogen-bond donors (Lipinski definition) is 5. The molecule has 0 unspecified atom stereocenters. The monoisotopic (exact) mass is 471 g/mol. The summed E-state index contributed by atoms with van der Waals surface area (Å²) in [4.78, 5) is 35.1. The molecule has 0 amide bonds. The van der Waals surface area contributed by atoms with Crippen molar-refractivity contribution in [3.63, 3.8) is 0 Å². The first-order chi connectivity index (χ1) is 16.3. The second kappa shape index (κ2) is 11.5. The Labute approximate surface area is 198 Å². The van der Waals surface area contributed by atoms with E-state index in [1.54, 1.807) is 0 Å². The maximum absolute atomic E-state index is 11.3. The smallest absolute Gasteiger partial charge is 0.320 e. The summed E-state index contributed by atoms with van der Waals surface area (Å²) in [5.74, 6) is -1.44. The van der Waals surface area contributed by atoms with E-state index in [0.717, 1.165) is 61.7 Å². The molecule has 1 saturated heterocycles. The highest BCUT2D eigenvalue weighted by Gasteiger charge is 2.23. The first-order valence-corrected chi connectivity index (χ1v) is 11.5. The van der Waals surface area contributed by atoms with Crippen LogP contribution in [0.1, 0.15) is 37.4 Å². The average molecular weight is 472 g/mol. The number of aliphatic carboxylic acids is 2. The van der Waals surface area contributed by atoms with E-state index in [9.17, 15) is 14.7 Å². The van der Waals surface area contributed by atoms with E-state index >= 15 is 0 Å². The summed E-state index contributed by atoms with van der Waals surface area (Å²) in [7, 11) is 0. The molecule has 0 aliphatic carbocycles. The summed E-state index contributed by atoms with van der Waals surface area (Å²) >= 11 is 0. The lowest BCUT2D eigenvalue weighted by atomic mass is 10.1. The first kappa shape index (κ1) is 25.0. The van der Waals surface area contributed by atoms with Crippen LogP contribution in [0.3, 0.4) is 0 Å². The van der Waals surface area contributed by atoms with Gasteiger partial charge in [0.25, 0.3) is 0 Å². The molecule has 2 aromatic rings. The van der Waals surface area contributed by atoms with Crippen molar-refractivity contribution in [3.8, 4) is 0 Å². The number of rotatable bonds is 11. The van der Waals surface area contributed by atoms with Gasteiger partial charge in [-0.25, -0.2) is 4.98 Å². The van der Waals surface area contributed by atoms with E-state index in [4.69, 9.17) is 16.6 Å². The van der Waals surface area contributed by atoms with Gasteiger partial charge >= 0.3 is 11.9 Å². The minimum atomic E-state index is -1.05. The summed E-state index contributed by atoms with van der Waals surface area (Å²) in [6.07, 6.45) is 1.58. The second-order valence-corrected chi connectivity index (χ2v) is 8.36. The Balaban J connectivity index is 1.57. The standard InChI is InChI=1S/C23H33N7O4/c1-2-3-17-20(21(24)28-23(25)27-17)30-12-10-29(11-13-30)16-6-4-15(5-7-16)14-26-18(22(33)34)8-9-19(31)32/h4-7,18,26H,2-3,8-14H2,1H3,(H,31,32)(H,33,34)(H4,24,25,27,28)/t18-/m0/s1. The van der Waals surface area contributed by atoms with Crippen LogP contribution in [0.2, 0.25) is 0 Å². The number of hydrogen-bond acceptors (Lipinski definition) is 9. The van der Waals surface area contributed by atoms with E-state index in [1.165, 1.54) is 0 Å². The summed E-state index contributed by atoms with van der Waals surface area (Å²) < 4.78 is 0. The molecule has 1 aromatic carbocycles. The quantitative estimate of drug-likeness (QED) is 0.320. The van der Waals surface area contributed by atoms with Gasteiger partial charge in [0, 0.05) is 44.8 Å². The van der Waals surface area contributed by atoms with Gasteiger partial charge in [-0.15, -0.1) is 0 Å². The number of aromatic nitrogens is 2. The molecule has 1 fully saturated rings. The van der Waals surface area contributed by atoms with Crippen molar-refractivity contribution in [1.29, 1.82) is 0 Å². The molecule has 0 bridgehead atoms. The van der Waals surface area contributed by atoms with Crippen molar-refractivity contribution in [2.45, 2.75) is 45.2 Å². The molecule has 0 spiro atoms. The molecule has 3 rings (SSSR count). The van der Waals surface area contributed by atoms with Crippen LogP contribution in [-0.4, -0.2) is 64.3 Å². The van der Waals surface area contributed by atoms with Gasteiger partial charge < -0.3 is 36.8 Å². The number of nitrogens with one attached hydrogen (secondary N) is 1. The normalized spacial score (nSPS) is 14.7. The minimum Gasteiger partial charge on any atom is -0.481 e. The van der Waals surface area contributed by atoms with Gasteiger partial charge in [0.2, 0.25) is 5.95 Å². The van der Waals surface area contributed by atoms with E-state index in [-0.39, 0.29) is 18.8 Å². The van der Waals surface area contributed by atoms with Crippen LogP contribution in [-0.2, 0) is 22.6 Å². The Morgan fingerprint density at radius 2 is 1.71 bits per heavy atom. The number of piperazine rings is 1. The van der Waals surface area contributed by atoms with Crippen LogP contribution < -0.4 is 26.6 Å². The highest BCUT2D eigenvalue weighted by Crippen LogP contribution is 2.29. The van der Waals surface area contributed by atoms with Crippen molar-refractivity contribution in [2.75, 3.05) is 47.4 Å². The number of nitrogen functional groups attached to an aromatic ring is 2. The number of carboxylic acid groups (broad SMARTS) is 2. The van der Waals surface area contributed by atoms with Crippen molar-refractivity contribution in [3.05, 3.63) is 35.5 Å². The maximum Gasteiger partial charge on any atom is 0.320 e. The SMILES string of the molecule is CCCc1nc(N)nc(N)c1N1CCN(c2ccc(CN[C@@H](CCC(=O)O)C(=O)O)cc2)CC1. The summed E-state index contributed by atoms with van der Waals surface area (Å²) in [5.41, 5.74) is 15.8. The molecule has 184 valence electrons. The number of carbonyl (C=O) groups is 2. The third-order valence-corrected chi connectivity index (χ3v) is 5.88. The van der Waals surface area contributed by atoms with Crippen molar-refractivity contribution >= 4 is 35.1 Å². The number of carboxylic acids is 2. The lowest BCUT2D eigenvalue weighted by molar-refractivity contribution is -0.140. The number of benzene rings is 1. The lowest BCUT2D eigenvalue weighted by Gasteiger charge is -2.38. The Kier molecular flexibility index (Phi) is 8.47. The molecule has 0 saturated carbocycles. The number of nitrogens with zero attached hydrogens (tertiary/aromatic N) is 4. The highest BCUT2D eigenvalue weighted by atomic mass is 16.4. The van der Waals surface area contributed by atoms with Crippen LogP contribution in [0.15, 0.2) is 24.3 Å². The molecule has 11 nitrogen and oxygen atoms in total. The molecule has 2 heterocycles. The molecular formula is C23H33N7O4. The summed E-state index contributed by atoms with van der Waals surface area (Å²) in [5, 5.41) is 21.0. The molecule has 11 heteroatoms. The average Bonchev–Trinajstić information content (AvgIpc) is 2.79. The molecule has 1 aliphatic rings. The van der Waals surface area contributed by atoms with Gasteiger partial charge in [-0.3, -0.25) is 9.59 Å². The third-order valence-electron chi connectivity index (χ3n) is 5.88. The fourth-order valence-electron chi connectivity index (χ4n) is 4.13. The predicted octanol–water partition coefficient (Wildman–Crippen LogP) is 1.33. The predicted molar refractivity (Wildman–Crippen MR) is 131 cm³/mol. The van der Waals surface area contributed by atoms with E-state index in [1.807, 2.05) is 24.3 Å². The van der Waals surface area contributed by atoms with Crippen molar-refractivity contribution in [1.82, 2.24) is 15.3 Å². The van der Waals surface area contributed by atoms with Gasteiger partial charge in [0.05, 0.1) is 5.69 Å². The van der Waals surface area contributed by atoms with Crippen LogP contribution in [0.4, 0.5) is 23.1 Å². The van der Waals surface area contributed by atoms with Crippen LogP contribution in [0.25, 0.3) is 0 Å². The molecule has 1 aromatic heterocycles. The van der Waals surface area contributed by atoms with Gasteiger partial charge in [-0.2, -0.15) is 4.98 Å². The summed E-state index contributed by atoms with van der Waals surface area (Å²) in [6, 6.07) is 7.05. The topological polar surface area (TPSA) is 171 Å². The number of nitrogens with two attached hydrogens (primary N) is 2. The number of anilines is 4. The van der Waals surface area contributed by atoms with Crippen LogP contribution in [0, 0.1) is 0 Å². The highest BCUT2D eigenvalue weighted by molar-refractivity contribution is 5.75. The van der Waals surface area contributed by atoms with Gasteiger partial charge in [0.15, 0.2) is 5.82 Å². The van der Waals surface area contributed by atoms with Gasteiger partial charge in [-0.1, -0.05) is 25.5 Å². The molecule has 34 heavy (non-hydrogen) atoms. The lowest BCUT2D eigenvalue weighted by Crippen LogP contribution is -2.47. The van der Waals surface area contributed by atoms with E-state index in [2.05, 4.69) is 32.0 Å². The maximum atomic E-state index is 11.3. The number of aryl methyl sites for hydroxylation is 1. The minimum absolute atomic E-state index is 0.0383. The van der Waals surface area contributed by atoms with Gasteiger partial charge in [0.1, 0.15) is 11.7 Å². The zero-order chi connectivity index (χ0) is 24.7. The van der Waals surface area contributed by atoms with Crippen LogP contribution >= 0.6 is 0 Å². The molecular weight excluding hydrogens is 438 g/mol. The zero-order valence-corrected chi connectivity index (χ0v) is 19.4. The van der Waals surface area contributed by atoms with Gasteiger partial charge in [-0.05, 0) is 30.5 Å². The first-order valence-electron chi connectivity index (χ1n) is 11.5. The van der Waals surface area contributed by atoms with E-state index in [0.29, 0.717) is 12.4 Å². The van der Waals surface area contributed by atoms with Crippen molar-refractivity contribution in [2.24, 2.45) is 0 Å². The summed E-state index contributed by atoms with van der Waals surface area (Å²) in [6.45, 7) is 5.61. The van der Waals surface area contributed by atoms with E-state index < -0.39 is 18.0 Å². The van der Waals surface area contributed by atoms with Crippen LogP contribution in [0.5, 0.6) is 0 Å². The third kappa shape index (κ3) is 6.47. The Morgan fingerprint density at radius 3 is 2.29 bits per heavy atom. The largest absolute Gasteiger partial charge is 0.481 e. The molecule has 1 atom stereocenters. The Morgan fingerprint density at radius 1 is 1.06 bits per heavy atom. The Bertz CT molecular complexity index is 992. The fraction of sp³-hybridized carbons (Fsp3) is 0.478. The molecule has 7 N–H and O–H groups in total.